The van der Waals surface area contributed by atoms with Crippen LogP contribution in [0.2, 0.25) is 0 Å². The number of nitrogens with one attached hydrogen (secondary N) is 1. The maximum absolute atomic E-state index is 11.8. The summed E-state index contributed by atoms with van der Waals surface area (Å²) in [6, 6.07) is -0.671. The molecule has 10 heteroatoms. The minimum atomic E-state index is -4.03. The fourth-order valence-electron chi connectivity index (χ4n) is 2.02. The Hall–Kier alpha value is -0.990. The van der Waals surface area contributed by atoms with Gasteiger partial charge in [0.25, 0.3) is 0 Å². The van der Waals surface area contributed by atoms with E-state index in [0.717, 1.165) is 0 Å². The summed E-state index contributed by atoms with van der Waals surface area (Å²) < 4.78 is 22.1. The van der Waals surface area contributed by atoms with Crippen LogP contribution in [0.3, 0.4) is 0 Å². The van der Waals surface area contributed by atoms with Crippen molar-refractivity contribution in [3.05, 3.63) is 0 Å². The average Bonchev–Trinajstić information content (AvgIpc) is 2.46. The molecule has 0 spiro atoms. The van der Waals surface area contributed by atoms with E-state index in [0.29, 0.717) is 30.3 Å². The Morgan fingerprint density at radius 2 is 1.69 bits per heavy atom. The topological polar surface area (TPSA) is 128 Å². The number of unbranched alkanes of at least 4 members (excludes halogenated alkanes) is 2. The molecule has 0 aromatic heterocycles. The maximum Gasteiger partial charge on any atom is 0.472 e. The van der Waals surface area contributed by atoms with Crippen LogP contribution in [-0.2, 0) is 23.2 Å². The van der Waals surface area contributed by atoms with Crippen LogP contribution in [-0.4, -0.2) is 68.1 Å². The molecular weight excluding hydrogens is 361 g/mol. The highest BCUT2D eigenvalue weighted by molar-refractivity contribution is 7.47. The van der Waals surface area contributed by atoms with Crippen molar-refractivity contribution in [3.8, 4) is 0 Å². The second-order valence-corrected chi connectivity index (χ2v) is 9.10. The molecule has 2 amide bonds. The van der Waals surface area contributed by atoms with Crippen LogP contribution in [0.25, 0.3) is 0 Å². The Bertz CT molecular complexity index is 493. The third kappa shape index (κ3) is 13.2. The molecule has 2 atom stereocenters. The molecule has 26 heavy (non-hydrogen) atoms. The van der Waals surface area contributed by atoms with E-state index >= 15 is 0 Å². The highest BCUT2D eigenvalue weighted by atomic mass is 31.2. The molecule has 0 fully saturated rings. The van der Waals surface area contributed by atoms with Crippen LogP contribution >= 0.6 is 7.82 Å². The fraction of sp³-hybridized carbons (Fsp3) is 0.875. The summed E-state index contributed by atoms with van der Waals surface area (Å²) >= 11 is 0. The van der Waals surface area contributed by atoms with Gasteiger partial charge in [0.15, 0.2) is 0 Å². The summed E-state index contributed by atoms with van der Waals surface area (Å²) in [5.41, 5.74) is 5.25. The molecule has 0 rings (SSSR count). The lowest BCUT2D eigenvalue weighted by molar-refractivity contribution is -0.870. The van der Waals surface area contributed by atoms with Gasteiger partial charge in [-0.15, -0.1) is 0 Å². The lowest BCUT2D eigenvalue weighted by Crippen LogP contribution is -2.47. The standard InChI is InChI=1S/C16H34N3O6P/c1-13(2)15(16(17)21)18-14(20)9-7-6-8-11-24-26(22,23)25-12-10-19(3,4)5/h13,15H,6-12H2,1-5H3,(H3-,17,18,20,21,22,23)/p+1. The van der Waals surface area contributed by atoms with Crippen molar-refractivity contribution in [2.75, 3.05) is 40.9 Å². The molecule has 0 aromatic carbocycles. The van der Waals surface area contributed by atoms with Crippen LogP contribution in [0, 0.1) is 5.92 Å². The van der Waals surface area contributed by atoms with E-state index in [1.165, 1.54) is 0 Å². The van der Waals surface area contributed by atoms with Gasteiger partial charge in [-0.1, -0.05) is 20.3 Å². The Morgan fingerprint density at radius 3 is 2.19 bits per heavy atom. The highest BCUT2D eigenvalue weighted by Gasteiger charge is 2.23. The molecule has 0 heterocycles. The normalized spacial score (nSPS) is 15.5. The van der Waals surface area contributed by atoms with E-state index in [-0.39, 0.29) is 31.5 Å². The summed E-state index contributed by atoms with van der Waals surface area (Å²) in [7, 11) is 1.83. The van der Waals surface area contributed by atoms with Crippen LogP contribution in [0.15, 0.2) is 0 Å². The van der Waals surface area contributed by atoms with Crippen molar-refractivity contribution in [2.45, 2.75) is 45.6 Å². The molecule has 4 N–H and O–H groups in total. The molecular formula is C16H35N3O6P+. The summed E-state index contributed by atoms with van der Waals surface area (Å²) in [5.74, 6) is -0.855. The number of likely N-dealkylation sites (N-methyl/N-ethyl adjacent to an activating group) is 1. The Morgan fingerprint density at radius 1 is 1.12 bits per heavy atom. The second kappa shape index (κ2) is 11.7. The van der Waals surface area contributed by atoms with Gasteiger partial charge in [0.1, 0.15) is 19.2 Å². The summed E-state index contributed by atoms with van der Waals surface area (Å²) in [5, 5.41) is 2.62. The first-order valence-corrected chi connectivity index (χ1v) is 10.3. The zero-order valence-corrected chi connectivity index (χ0v) is 17.5. The number of hydrogen-bond donors (Lipinski definition) is 3. The van der Waals surface area contributed by atoms with Crippen molar-refractivity contribution < 1.29 is 32.6 Å². The van der Waals surface area contributed by atoms with E-state index in [1.807, 2.05) is 35.0 Å². The summed E-state index contributed by atoms with van der Waals surface area (Å²) in [6.45, 7) is 4.42. The molecule has 0 saturated carbocycles. The first-order valence-electron chi connectivity index (χ1n) is 8.85. The number of nitrogens with two attached hydrogens (primary N) is 1. The Kier molecular flexibility index (Phi) is 11.2. The number of phosphoric ester groups is 1. The molecule has 0 aliphatic heterocycles. The molecule has 2 unspecified atom stereocenters. The molecule has 0 bridgehead atoms. The number of amides is 2. The quantitative estimate of drug-likeness (QED) is 0.228. The lowest BCUT2D eigenvalue weighted by Gasteiger charge is -2.24. The molecule has 0 aliphatic carbocycles. The third-order valence-corrected chi connectivity index (χ3v) is 4.63. The second-order valence-electron chi connectivity index (χ2n) is 7.65. The smallest absolute Gasteiger partial charge is 0.368 e. The molecule has 0 aromatic rings. The fourth-order valence-corrected chi connectivity index (χ4v) is 2.77. The number of carbonyl (C=O) groups is 2. The Labute approximate surface area is 156 Å². The van der Waals surface area contributed by atoms with E-state index < -0.39 is 19.8 Å². The molecule has 0 radical (unpaired) electrons. The van der Waals surface area contributed by atoms with E-state index in [4.69, 9.17) is 14.8 Å². The van der Waals surface area contributed by atoms with Crippen LogP contribution < -0.4 is 11.1 Å². The number of nitrogens with zero attached hydrogens (tertiary/aromatic N) is 1. The zero-order chi connectivity index (χ0) is 20.4. The molecule has 0 saturated heterocycles. The minimum Gasteiger partial charge on any atom is -0.368 e. The number of carbonyl (C=O) groups excluding carboxylic acids is 2. The predicted molar refractivity (Wildman–Crippen MR) is 99.1 cm³/mol. The maximum atomic E-state index is 11.8. The van der Waals surface area contributed by atoms with Crippen molar-refractivity contribution >= 4 is 19.6 Å². The van der Waals surface area contributed by atoms with Gasteiger partial charge < -0.3 is 20.4 Å². The van der Waals surface area contributed by atoms with E-state index in [9.17, 15) is 19.0 Å². The van der Waals surface area contributed by atoms with Crippen LogP contribution in [0.1, 0.15) is 39.5 Å². The van der Waals surface area contributed by atoms with Gasteiger partial charge in [-0.3, -0.25) is 18.6 Å². The van der Waals surface area contributed by atoms with Gasteiger partial charge in [-0.25, -0.2) is 4.57 Å². The number of hydrogen-bond acceptors (Lipinski definition) is 5. The monoisotopic (exact) mass is 396 g/mol. The van der Waals surface area contributed by atoms with E-state index in [1.54, 1.807) is 0 Å². The van der Waals surface area contributed by atoms with Crippen molar-refractivity contribution in [1.82, 2.24) is 5.32 Å². The molecule has 154 valence electrons. The summed E-state index contributed by atoms with van der Waals surface area (Å²) in [4.78, 5) is 32.6. The van der Waals surface area contributed by atoms with Gasteiger partial charge in [0, 0.05) is 6.42 Å². The van der Waals surface area contributed by atoms with Crippen molar-refractivity contribution in [3.63, 3.8) is 0 Å². The predicted octanol–water partition coefficient (Wildman–Crippen LogP) is 1.01. The SMILES string of the molecule is CC(C)C(NC(=O)CCCCCOP(=O)(O)OCC[N+](C)(C)C)C(N)=O. The highest BCUT2D eigenvalue weighted by Crippen LogP contribution is 2.43. The Balaban J connectivity index is 3.87. The first kappa shape index (κ1) is 25.0. The largest absolute Gasteiger partial charge is 0.472 e. The van der Waals surface area contributed by atoms with Gasteiger partial charge in [0.05, 0.1) is 27.7 Å². The van der Waals surface area contributed by atoms with Gasteiger partial charge in [-0.05, 0) is 18.8 Å². The van der Waals surface area contributed by atoms with E-state index in [2.05, 4.69) is 5.32 Å². The number of primary amides is 1. The molecule has 9 nitrogen and oxygen atoms in total. The zero-order valence-electron chi connectivity index (χ0n) is 16.6. The van der Waals surface area contributed by atoms with Crippen LogP contribution in [0.4, 0.5) is 0 Å². The first-order chi connectivity index (χ1) is 11.8. The van der Waals surface area contributed by atoms with Crippen molar-refractivity contribution in [2.24, 2.45) is 11.7 Å². The third-order valence-electron chi connectivity index (χ3n) is 3.61. The number of quaternary nitrogens is 1. The number of rotatable bonds is 14. The van der Waals surface area contributed by atoms with Gasteiger partial charge in [-0.2, -0.15) is 0 Å². The number of phosphoric acid groups is 1. The summed E-state index contributed by atoms with van der Waals surface area (Å²) in [6.07, 6.45) is 2.01. The van der Waals surface area contributed by atoms with Gasteiger partial charge >= 0.3 is 7.82 Å². The van der Waals surface area contributed by atoms with Crippen LogP contribution in [0.5, 0.6) is 0 Å². The van der Waals surface area contributed by atoms with Gasteiger partial charge in [0.2, 0.25) is 11.8 Å². The minimum absolute atomic E-state index is 0.0689. The molecule has 0 aliphatic rings. The average molecular weight is 396 g/mol. The van der Waals surface area contributed by atoms with Crippen molar-refractivity contribution in [1.29, 1.82) is 0 Å². The lowest BCUT2D eigenvalue weighted by atomic mass is 10.0.